The molecule has 4 heteroatoms. The first-order chi connectivity index (χ1) is 9.72. The number of halogens is 1. The molecule has 0 atom stereocenters. The van der Waals surface area contributed by atoms with Crippen LogP contribution in [0.4, 0.5) is 0 Å². The molecule has 0 spiro atoms. The first-order valence-corrected chi connectivity index (χ1v) is 6.81. The minimum Gasteiger partial charge on any atom is -0.295 e. The van der Waals surface area contributed by atoms with Crippen LogP contribution in [0.5, 0.6) is 0 Å². The minimum absolute atomic E-state index is 0.324. The topological polar surface area (TPSA) is 41.6 Å². The Labute approximate surface area is 122 Å². The standard InChI is InChI=1S/C16H12ClN3/c1-11-5-6-15-14(7-11)19-16(9-17)20(15)13-4-2-3-12(8-13)10-18/h2-8H,9H2,1H3. The molecule has 1 heterocycles. The summed E-state index contributed by atoms with van der Waals surface area (Å²) in [5.41, 5.74) is 4.61. The summed E-state index contributed by atoms with van der Waals surface area (Å²) in [5, 5.41) is 9.03. The molecular formula is C16H12ClN3. The van der Waals surface area contributed by atoms with Crippen LogP contribution in [-0.4, -0.2) is 9.55 Å². The normalized spacial score (nSPS) is 10.7. The van der Waals surface area contributed by atoms with Crippen molar-refractivity contribution in [3.05, 3.63) is 59.4 Å². The van der Waals surface area contributed by atoms with Crippen molar-refractivity contribution in [3.63, 3.8) is 0 Å². The van der Waals surface area contributed by atoms with E-state index in [1.165, 1.54) is 0 Å². The molecule has 98 valence electrons. The van der Waals surface area contributed by atoms with Gasteiger partial charge in [-0.15, -0.1) is 11.6 Å². The van der Waals surface area contributed by atoms with Crippen molar-refractivity contribution in [1.82, 2.24) is 9.55 Å². The molecule has 0 saturated heterocycles. The van der Waals surface area contributed by atoms with E-state index < -0.39 is 0 Å². The highest BCUT2D eigenvalue weighted by atomic mass is 35.5. The number of nitriles is 1. The van der Waals surface area contributed by atoms with E-state index in [1.54, 1.807) is 6.07 Å². The lowest BCUT2D eigenvalue weighted by molar-refractivity contribution is 0.981. The molecule has 0 aliphatic carbocycles. The Kier molecular flexibility index (Phi) is 3.17. The number of fused-ring (bicyclic) bond motifs is 1. The lowest BCUT2D eigenvalue weighted by Gasteiger charge is -2.08. The number of rotatable bonds is 2. The summed E-state index contributed by atoms with van der Waals surface area (Å²) >= 11 is 6.02. The third kappa shape index (κ3) is 2.04. The molecule has 0 aliphatic heterocycles. The highest BCUT2D eigenvalue weighted by Gasteiger charge is 2.12. The molecule has 0 N–H and O–H groups in total. The van der Waals surface area contributed by atoms with Gasteiger partial charge >= 0.3 is 0 Å². The van der Waals surface area contributed by atoms with Crippen LogP contribution in [0.15, 0.2) is 42.5 Å². The average molecular weight is 282 g/mol. The van der Waals surface area contributed by atoms with Gasteiger partial charge in [0.2, 0.25) is 0 Å². The number of imidazole rings is 1. The molecule has 3 nitrogen and oxygen atoms in total. The zero-order chi connectivity index (χ0) is 14.1. The molecule has 0 radical (unpaired) electrons. The summed E-state index contributed by atoms with van der Waals surface area (Å²) < 4.78 is 2.00. The zero-order valence-corrected chi connectivity index (χ0v) is 11.7. The van der Waals surface area contributed by atoms with E-state index in [1.807, 2.05) is 47.9 Å². The van der Waals surface area contributed by atoms with Crippen molar-refractivity contribution in [2.24, 2.45) is 0 Å². The van der Waals surface area contributed by atoms with Gasteiger partial charge in [0.25, 0.3) is 0 Å². The third-order valence-electron chi connectivity index (χ3n) is 3.23. The number of benzene rings is 2. The lowest BCUT2D eigenvalue weighted by Crippen LogP contribution is -1.99. The molecule has 0 saturated carbocycles. The Balaban J connectivity index is 2.31. The summed E-state index contributed by atoms with van der Waals surface area (Å²) in [6.07, 6.45) is 0. The molecule has 0 fully saturated rings. The van der Waals surface area contributed by atoms with Crippen molar-refractivity contribution < 1.29 is 0 Å². The molecule has 20 heavy (non-hydrogen) atoms. The van der Waals surface area contributed by atoms with Gasteiger partial charge in [-0.25, -0.2) is 4.98 Å². The fourth-order valence-corrected chi connectivity index (χ4v) is 2.51. The molecule has 3 aromatic rings. The van der Waals surface area contributed by atoms with E-state index >= 15 is 0 Å². The Bertz CT molecular complexity index is 827. The van der Waals surface area contributed by atoms with Gasteiger partial charge in [-0.1, -0.05) is 12.1 Å². The fourth-order valence-electron chi connectivity index (χ4n) is 2.33. The fraction of sp³-hybridized carbons (Fsp3) is 0.125. The van der Waals surface area contributed by atoms with Crippen LogP contribution < -0.4 is 0 Å². The summed E-state index contributed by atoms with van der Waals surface area (Å²) in [5.74, 6) is 1.10. The second kappa shape index (κ2) is 4.99. The van der Waals surface area contributed by atoms with E-state index in [0.29, 0.717) is 11.4 Å². The second-order valence-electron chi connectivity index (χ2n) is 4.65. The van der Waals surface area contributed by atoms with Gasteiger partial charge in [0.05, 0.1) is 28.5 Å². The van der Waals surface area contributed by atoms with Gasteiger partial charge in [0.1, 0.15) is 5.82 Å². The average Bonchev–Trinajstić information content (AvgIpc) is 2.84. The van der Waals surface area contributed by atoms with Crippen molar-refractivity contribution in [2.45, 2.75) is 12.8 Å². The van der Waals surface area contributed by atoms with Gasteiger partial charge in [0, 0.05) is 5.69 Å². The van der Waals surface area contributed by atoms with Crippen LogP contribution in [0.25, 0.3) is 16.7 Å². The van der Waals surface area contributed by atoms with Gasteiger partial charge < -0.3 is 0 Å². The predicted octanol–water partition coefficient (Wildman–Crippen LogP) is 3.94. The maximum atomic E-state index is 9.03. The molecule has 0 unspecified atom stereocenters. The highest BCUT2D eigenvalue weighted by molar-refractivity contribution is 6.17. The smallest absolute Gasteiger partial charge is 0.129 e. The van der Waals surface area contributed by atoms with E-state index in [9.17, 15) is 0 Å². The number of aromatic nitrogens is 2. The van der Waals surface area contributed by atoms with Crippen LogP contribution in [-0.2, 0) is 5.88 Å². The number of hydrogen-bond acceptors (Lipinski definition) is 2. The second-order valence-corrected chi connectivity index (χ2v) is 4.92. The maximum absolute atomic E-state index is 9.03. The monoisotopic (exact) mass is 281 g/mol. The van der Waals surface area contributed by atoms with Gasteiger partial charge in [-0.05, 0) is 42.8 Å². The number of nitrogens with zero attached hydrogens (tertiary/aromatic N) is 3. The van der Waals surface area contributed by atoms with Crippen LogP contribution in [0.2, 0.25) is 0 Å². The Hall–Kier alpha value is -2.31. The third-order valence-corrected chi connectivity index (χ3v) is 3.47. The van der Waals surface area contributed by atoms with E-state index in [2.05, 4.69) is 11.1 Å². The molecule has 0 amide bonds. The summed E-state index contributed by atoms with van der Waals surface area (Å²) in [6, 6.07) is 15.7. The SMILES string of the molecule is Cc1ccc2c(c1)nc(CCl)n2-c1cccc(C#N)c1. The Morgan fingerprint density at radius 3 is 2.85 bits per heavy atom. The van der Waals surface area contributed by atoms with E-state index in [4.69, 9.17) is 16.9 Å². The van der Waals surface area contributed by atoms with Crippen molar-refractivity contribution >= 4 is 22.6 Å². The molecule has 2 aromatic carbocycles. The molecule has 0 aliphatic rings. The van der Waals surface area contributed by atoms with Crippen LogP contribution in [0.3, 0.4) is 0 Å². The number of aryl methyl sites for hydroxylation is 1. The summed E-state index contributed by atoms with van der Waals surface area (Å²) in [7, 11) is 0. The van der Waals surface area contributed by atoms with Gasteiger partial charge in [-0.2, -0.15) is 5.26 Å². The Morgan fingerprint density at radius 1 is 1.25 bits per heavy atom. The largest absolute Gasteiger partial charge is 0.295 e. The zero-order valence-electron chi connectivity index (χ0n) is 11.0. The molecule has 0 bridgehead atoms. The first kappa shape index (κ1) is 12.7. The lowest BCUT2D eigenvalue weighted by atomic mass is 10.2. The van der Waals surface area contributed by atoms with Crippen molar-refractivity contribution in [1.29, 1.82) is 5.26 Å². The molecular weight excluding hydrogens is 270 g/mol. The van der Waals surface area contributed by atoms with Crippen molar-refractivity contribution in [3.8, 4) is 11.8 Å². The Morgan fingerprint density at radius 2 is 2.10 bits per heavy atom. The number of alkyl halides is 1. The summed E-state index contributed by atoms with van der Waals surface area (Å²) in [6.45, 7) is 2.04. The van der Waals surface area contributed by atoms with E-state index in [-0.39, 0.29) is 0 Å². The predicted molar refractivity (Wildman–Crippen MR) is 80.1 cm³/mol. The maximum Gasteiger partial charge on any atom is 0.129 e. The first-order valence-electron chi connectivity index (χ1n) is 6.27. The van der Waals surface area contributed by atoms with Crippen LogP contribution in [0.1, 0.15) is 17.0 Å². The van der Waals surface area contributed by atoms with Crippen molar-refractivity contribution in [2.75, 3.05) is 0 Å². The molecule has 3 rings (SSSR count). The van der Waals surface area contributed by atoms with Gasteiger partial charge in [-0.3, -0.25) is 4.57 Å². The van der Waals surface area contributed by atoms with E-state index in [0.717, 1.165) is 28.1 Å². The highest BCUT2D eigenvalue weighted by Crippen LogP contribution is 2.24. The van der Waals surface area contributed by atoms with Gasteiger partial charge in [0.15, 0.2) is 0 Å². The van der Waals surface area contributed by atoms with Crippen LogP contribution in [0, 0.1) is 18.3 Å². The van der Waals surface area contributed by atoms with Crippen LogP contribution >= 0.6 is 11.6 Å². The minimum atomic E-state index is 0.324. The quantitative estimate of drug-likeness (QED) is 0.668. The number of hydrogen-bond donors (Lipinski definition) is 0. The molecule has 1 aromatic heterocycles. The summed E-state index contributed by atoms with van der Waals surface area (Å²) in [4.78, 5) is 4.57.